The Kier molecular flexibility index (Phi) is 13.8. The fourth-order valence-corrected chi connectivity index (χ4v) is 9.21. The van der Waals surface area contributed by atoms with Crippen molar-refractivity contribution in [2.75, 3.05) is 45.6 Å². The number of ether oxygens (including phenoxy) is 7. The highest BCUT2D eigenvalue weighted by atomic mass is 35.5. The lowest BCUT2D eigenvalue weighted by atomic mass is 9.88. The number of nitrogens with one attached hydrogen (secondary N) is 1. The molecule has 2 unspecified atom stereocenters. The van der Waals surface area contributed by atoms with Gasteiger partial charge in [-0.3, -0.25) is 0 Å². The van der Waals surface area contributed by atoms with E-state index in [1.54, 1.807) is 24.3 Å². The van der Waals surface area contributed by atoms with Crippen molar-refractivity contribution in [2.24, 2.45) is 17.8 Å². The molecule has 2 aromatic carbocycles. The van der Waals surface area contributed by atoms with Gasteiger partial charge in [0.25, 0.3) is 0 Å². The molecule has 2 fully saturated rings. The number of carboxylic acid groups (broad SMARTS) is 1. The van der Waals surface area contributed by atoms with Crippen LogP contribution in [0.25, 0.3) is 0 Å². The summed E-state index contributed by atoms with van der Waals surface area (Å²) in [5.74, 6) is -1.57. The predicted molar refractivity (Wildman–Crippen MR) is 200 cm³/mol. The molecule has 3 aliphatic rings. The summed E-state index contributed by atoms with van der Waals surface area (Å²) in [5, 5.41) is 16.4. The minimum atomic E-state index is -4.26. The predicted octanol–water partition coefficient (Wildman–Crippen LogP) is 4.83. The Morgan fingerprint density at radius 2 is 1.89 bits per heavy atom. The number of carbonyl (C=O) groups excluding carboxylic acids is 1. The smallest absolute Gasteiger partial charge is 0.407 e. The number of aromatic nitrogens is 1. The van der Waals surface area contributed by atoms with Crippen LogP contribution in [0.2, 0.25) is 0 Å². The summed E-state index contributed by atoms with van der Waals surface area (Å²) in [6.07, 6.45) is -2.72. The summed E-state index contributed by atoms with van der Waals surface area (Å²) in [7, 11) is -4.26. The van der Waals surface area contributed by atoms with Gasteiger partial charge in [-0.1, -0.05) is 26.0 Å². The molecule has 55 heavy (non-hydrogen) atoms. The largest absolute Gasteiger partial charge is 0.487 e. The number of hydrogen-bond acceptors (Lipinski definition) is 13. The number of alkyl halides is 1. The SMILES string of the molecule is Cc1nc(COc2ccc(CC(NC(=O)O[C@H]3CO[C@H]4OCC[C@H]43)C(CN(CC(C)C)S(=O)(=O)c3ccc4c(c3)OCO4)[C@H](OCCCl)C(=O)O)cc2)cs1. The van der Waals surface area contributed by atoms with Crippen LogP contribution in [0.5, 0.6) is 17.2 Å². The van der Waals surface area contributed by atoms with E-state index in [2.05, 4.69) is 10.3 Å². The third-order valence-corrected chi connectivity index (χ3v) is 12.3. The molecule has 15 nitrogen and oxygen atoms in total. The van der Waals surface area contributed by atoms with E-state index in [1.165, 1.54) is 33.8 Å². The van der Waals surface area contributed by atoms with Crippen molar-refractivity contribution in [1.29, 1.82) is 0 Å². The van der Waals surface area contributed by atoms with Crippen molar-refractivity contribution in [1.82, 2.24) is 14.6 Å². The number of fused-ring (bicyclic) bond motifs is 2. The molecule has 1 amide bonds. The number of nitrogens with zero attached hydrogens (tertiary/aromatic N) is 2. The topological polar surface area (TPSA) is 181 Å². The quantitative estimate of drug-likeness (QED) is 0.157. The monoisotopic (exact) mass is 823 g/mol. The molecule has 300 valence electrons. The number of halogens is 1. The summed E-state index contributed by atoms with van der Waals surface area (Å²) in [5.41, 5.74) is 1.51. The normalized spacial score (nSPS) is 20.7. The number of sulfonamides is 1. The standard InChI is InChI=1S/C37H46ClN3O12S2/c1-22(2)16-41(55(45,46)27-8-9-31-32(15-27)52-21-51-31)17-29(34(35(42)43)47-13-11-38)30(40-37(44)53-33-19-50-36-28(33)10-12-48-36)14-24-4-6-26(7-5-24)49-18-25-20-54-23(3)39-25/h4-9,15,20,22,28-30,33-34,36H,10-14,16-19,21H2,1-3H3,(H,40,44)(H,42,43)/t28-,29?,30?,33-,34-,36+/m0/s1. The third kappa shape index (κ3) is 10.4. The van der Waals surface area contributed by atoms with Crippen LogP contribution >= 0.6 is 22.9 Å². The molecule has 2 N–H and O–H groups in total. The molecular formula is C37H46ClN3O12S2. The van der Waals surface area contributed by atoms with Gasteiger partial charge in [-0.05, 0) is 55.5 Å². The van der Waals surface area contributed by atoms with Crippen LogP contribution in [0.4, 0.5) is 4.79 Å². The average molecular weight is 824 g/mol. The van der Waals surface area contributed by atoms with Crippen molar-refractivity contribution in [3.8, 4) is 17.2 Å². The minimum absolute atomic E-state index is 0.0178. The maximum Gasteiger partial charge on any atom is 0.407 e. The zero-order valence-electron chi connectivity index (χ0n) is 30.8. The Morgan fingerprint density at radius 1 is 1.11 bits per heavy atom. The highest BCUT2D eigenvalue weighted by molar-refractivity contribution is 7.89. The first kappa shape index (κ1) is 40.9. The van der Waals surface area contributed by atoms with Gasteiger partial charge < -0.3 is 43.6 Å². The molecule has 0 saturated carbocycles. The summed E-state index contributed by atoms with van der Waals surface area (Å²) in [4.78, 5) is 31.1. The summed E-state index contributed by atoms with van der Waals surface area (Å²) >= 11 is 7.50. The Hall–Kier alpha value is -3.71. The number of amides is 1. The second-order valence-electron chi connectivity index (χ2n) is 13.9. The van der Waals surface area contributed by atoms with Crippen LogP contribution in [0.3, 0.4) is 0 Å². The second-order valence-corrected chi connectivity index (χ2v) is 17.3. The van der Waals surface area contributed by atoms with Crippen LogP contribution in [-0.4, -0.2) is 105 Å². The highest BCUT2D eigenvalue weighted by Crippen LogP contribution is 2.36. The number of rotatable bonds is 19. The van der Waals surface area contributed by atoms with Crippen molar-refractivity contribution in [3.63, 3.8) is 0 Å². The van der Waals surface area contributed by atoms with E-state index in [0.29, 0.717) is 30.1 Å². The molecule has 3 aromatic rings. The molecule has 2 saturated heterocycles. The zero-order valence-corrected chi connectivity index (χ0v) is 33.1. The highest BCUT2D eigenvalue weighted by Gasteiger charge is 2.45. The van der Waals surface area contributed by atoms with E-state index >= 15 is 0 Å². The molecule has 0 aliphatic carbocycles. The summed E-state index contributed by atoms with van der Waals surface area (Å²) in [6, 6.07) is 10.4. The molecule has 0 bridgehead atoms. The maximum absolute atomic E-state index is 14.4. The number of carbonyl (C=O) groups is 2. The van der Waals surface area contributed by atoms with Crippen molar-refractivity contribution >= 4 is 45.0 Å². The molecule has 4 heterocycles. The van der Waals surface area contributed by atoms with Gasteiger partial charge in [0.05, 0.1) is 41.3 Å². The van der Waals surface area contributed by atoms with E-state index in [0.717, 1.165) is 10.7 Å². The van der Waals surface area contributed by atoms with Crippen LogP contribution in [0.15, 0.2) is 52.7 Å². The molecule has 6 rings (SSSR count). The number of carboxylic acids is 1. The van der Waals surface area contributed by atoms with E-state index in [4.69, 9.17) is 44.8 Å². The molecule has 3 aliphatic heterocycles. The van der Waals surface area contributed by atoms with Gasteiger partial charge in [0.15, 0.2) is 23.9 Å². The lowest BCUT2D eigenvalue weighted by Gasteiger charge is -2.36. The fraction of sp³-hybridized carbons (Fsp3) is 0.541. The second kappa shape index (κ2) is 18.5. The Bertz CT molecular complexity index is 1880. The van der Waals surface area contributed by atoms with Crippen LogP contribution in [-0.2, 0) is 46.8 Å². The molecule has 0 spiro atoms. The average Bonchev–Trinajstić information content (AvgIpc) is 3.97. The molecule has 6 atom stereocenters. The Labute approximate surface area is 329 Å². The number of benzene rings is 2. The van der Waals surface area contributed by atoms with Gasteiger partial charge in [0, 0.05) is 42.4 Å². The summed E-state index contributed by atoms with van der Waals surface area (Å²) in [6.45, 7) is 6.02. The van der Waals surface area contributed by atoms with Gasteiger partial charge in [0.1, 0.15) is 18.5 Å². The first-order valence-corrected chi connectivity index (χ1v) is 20.9. The molecule has 18 heteroatoms. The number of aliphatic carboxylic acids is 1. The summed E-state index contributed by atoms with van der Waals surface area (Å²) < 4.78 is 69.8. The van der Waals surface area contributed by atoms with E-state index in [-0.39, 0.29) is 74.5 Å². The maximum atomic E-state index is 14.4. The first-order chi connectivity index (χ1) is 26.4. The lowest BCUT2D eigenvalue weighted by Crippen LogP contribution is -2.55. The third-order valence-electron chi connectivity index (χ3n) is 9.47. The van der Waals surface area contributed by atoms with Gasteiger partial charge in [0.2, 0.25) is 16.8 Å². The number of alkyl carbamates (subject to hydrolysis) is 1. The Balaban J connectivity index is 1.32. The van der Waals surface area contributed by atoms with Crippen molar-refractivity contribution in [2.45, 2.75) is 69.7 Å². The van der Waals surface area contributed by atoms with E-state index in [1.807, 2.05) is 26.2 Å². The molecule has 1 aromatic heterocycles. The number of hydrogen-bond donors (Lipinski definition) is 2. The number of thiazole rings is 1. The molecule has 0 radical (unpaired) electrons. The minimum Gasteiger partial charge on any atom is -0.487 e. The van der Waals surface area contributed by atoms with E-state index in [9.17, 15) is 23.1 Å². The van der Waals surface area contributed by atoms with Gasteiger partial charge in [-0.15, -0.1) is 22.9 Å². The molecular weight excluding hydrogens is 778 g/mol. The van der Waals surface area contributed by atoms with Gasteiger partial charge >= 0.3 is 12.1 Å². The zero-order chi connectivity index (χ0) is 39.1. The van der Waals surface area contributed by atoms with E-state index < -0.39 is 52.5 Å². The number of aryl methyl sites for hydroxylation is 1. The van der Waals surface area contributed by atoms with Gasteiger partial charge in [-0.25, -0.2) is 23.0 Å². The fourth-order valence-electron chi connectivity index (χ4n) is 6.87. The first-order valence-electron chi connectivity index (χ1n) is 18.0. The van der Waals surface area contributed by atoms with Crippen molar-refractivity contribution < 1.29 is 56.3 Å². The van der Waals surface area contributed by atoms with Crippen molar-refractivity contribution in [3.05, 3.63) is 64.1 Å². The van der Waals surface area contributed by atoms with Crippen LogP contribution in [0.1, 0.15) is 36.5 Å². The Morgan fingerprint density at radius 3 is 2.60 bits per heavy atom. The van der Waals surface area contributed by atoms with Crippen LogP contribution in [0, 0.1) is 24.7 Å². The van der Waals surface area contributed by atoms with Gasteiger partial charge in [-0.2, -0.15) is 4.31 Å². The lowest BCUT2D eigenvalue weighted by molar-refractivity contribution is -0.155. The van der Waals surface area contributed by atoms with Crippen LogP contribution < -0.4 is 19.5 Å².